The number of nitrogens with one attached hydrogen (secondary N) is 1. The van der Waals surface area contributed by atoms with Gasteiger partial charge in [-0.15, -0.1) is 0 Å². The highest BCUT2D eigenvalue weighted by atomic mass is 32.2. The second-order valence-corrected chi connectivity index (χ2v) is 6.94. The Morgan fingerprint density at radius 2 is 2.12 bits per heavy atom. The summed E-state index contributed by atoms with van der Waals surface area (Å²) in [4.78, 5) is 0. The fourth-order valence-electron chi connectivity index (χ4n) is 2.08. The molecule has 1 saturated heterocycles. The Morgan fingerprint density at radius 1 is 1.35 bits per heavy atom. The number of nitrogens with zero attached hydrogens (tertiary/aromatic N) is 1. The van der Waals surface area contributed by atoms with Crippen LogP contribution in [0.3, 0.4) is 0 Å². The van der Waals surface area contributed by atoms with Crippen LogP contribution in [-0.2, 0) is 10.0 Å². The van der Waals surface area contributed by atoms with E-state index in [0.717, 1.165) is 38.6 Å². The predicted molar refractivity (Wildman–Crippen MR) is 68.4 cm³/mol. The van der Waals surface area contributed by atoms with Crippen molar-refractivity contribution in [2.45, 2.75) is 37.4 Å². The maximum atomic E-state index is 12.2. The Bertz CT molecular complexity index is 300. The number of piperidine rings is 1. The van der Waals surface area contributed by atoms with Crippen LogP contribution in [0, 0.1) is 0 Å². The van der Waals surface area contributed by atoms with E-state index in [9.17, 15) is 8.42 Å². The monoisotopic (exact) mass is 264 g/mol. The molecular formula is C11H24N2O3S. The zero-order valence-electron chi connectivity index (χ0n) is 10.6. The van der Waals surface area contributed by atoms with Gasteiger partial charge in [0.1, 0.15) is 0 Å². The van der Waals surface area contributed by atoms with Crippen molar-refractivity contribution >= 4 is 10.0 Å². The second-order valence-electron chi connectivity index (χ2n) is 4.62. The molecule has 0 amide bonds. The summed E-state index contributed by atoms with van der Waals surface area (Å²) in [5, 5.41) is 11.5. The summed E-state index contributed by atoms with van der Waals surface area (Å²) in [5.74, 6) is 0. The third-order valence-corrected chi connectivity index (χ3v) is 5.53. The molecule has 6 heteroatoms. The molecule has 1 aliphatic heterocycles. The van der Waals surface area contributed by atoms with E-state index in [4.69, 9.17) is 5.11 Å². The zero-order chi connectivity index (χ0) is 12.7. The lowest BCUT2D eigenvalue weighted by Gasteiger charge is -2.27. The Labute approximate surface area is 104 Å². The maximum absolute atomic E-state index is 12.2. The number of hydrogen-bond acceptors (Lipinski definition) is 4. The van der Waals surface area contributed by atoms with Crippen LogP contribution in [0.1, 0.15) is 32.1 Å². The second kappa shape index (κ2) is 7.31. The third kappa shape index (κ3) is 4.54. The average molecular weight is 264 g/mol. The van der Waals surface area contributed by atoms with E-state index in [1.165, 1.54) is 4.31 Å². The van der Waals surface area contributed by atoms with Crippen molar-refractivity contribution in [3.8, 4) is 0 Å². The molecule has 1 fully saturated rings. The van der Waals surface area contributed by atoms with Gasteiger partial charge in [-0.3, -0.25) is 0 Å². The molecule has 0 bridgehead atoms. The standard InChI is InChI=1S/C11H24N2O3S/c1-13(8-3-2-4-9-14)17(15,16)11-6-5-7-12-10-11/h11-12,14H,2-10H2,1H3. The Kier molecular flexibility index (Phi) is 6.40. The van der Waals surface area contributed by atoms with Crippen LogP contribution < -0.4 is 5.32 Å². The molecule has 102 valence electrons. The first-order valence-corrected chi connectivity index (χ1v) is 7.86. The fraction of sp³-hybridized carbons (Fsp3) is 1.00. The van der Waals surface area contributed by atoms with Crippen LogP contribution in [0.5, 0.6) is 0 Å². The van der Waals surface area contributed by atoms with Crippen LogP contribution in [-0.4, -0.2) is 56.4 Å². The van der Waals surface area contributed by atoms with Gasteiger partial charge in [-0.25, -0.2) is 12.7 Å². The molecule has 0 aromatic rings. The minimum absolute atomic E-state index is 0.184. The van der Waals surface area contributed by atoms with Gasteiger partial charge in [0.2, 0.25) is 10.0 Å². The van der Waals surface area contributed by atoms with E-state index in [1.54, 1.807) is 7.05 Å². The highest BCUT2D eigenvalue weighted by Gasteiger charge is 2.30. The molecule has 1 atom stereocenters. The van der Waals surface area contributed by atoms with Gasteiger partial charge >= 0.3 is 0 Å². The SMILES string of the molecule is CN(CCCCCO)S(=O)(=O)C1CCCNC1. The minimum atomic E-state index is -3.14. The van der Waals surface area contributed by atoms with Gasteiger partial charge in [0, 0.05) is 26.7 Å². The van der Waals surface area contributed by atoms with Crippen molar-refractivity contribution in [3.63, 3.8) is 0 Å². The fourth-order valence-corrected chi connectivity index (χ4v) is 3.76. The molecule has 1 aliphatic rings. The molecule has 1 heterocycles. The van der Waals surface area contributed by atoms with Gasteiger partial charge in [-0.05, 0) is 38.6 Å². The van der Waals surface area contributed by atoms with Crippen molar-refractivity contribution in [3.05, 3.63) is 0 Å². The van der Waals surface area contributed by atoms with Crippen molar-refractivity contribution in [1.82, 2.24) is 9.62 Å². The number of sulfonamides is 1. The Balaban J connectivity index is 2.39. The molecule has 0 saturated carbocycles. The average Bonchev–Trinajstić information content (AvgIpc) is 2.35. The lowest BCUT2D eigenvalue weighted by atomic mass is 10.2. The van der Waals surface area contributed by atoms with Crippen molar-refractivity contribution in [2.75, 3.05) is 33.3 Å². The van der Waals surface area contributed by atoms with Gasteiger partial charge < -0.3 is 10.4 Å². The van der Waals surface area contributed by atoms with Gasteiger partial charge in [0.25, 0.3) is 0 Å². The van der Waals surface area contributed by atoms with E-state index < -0.39 is 10.0 Å². The predicted octanol–water partition coefficient (Wildman–Crippen LogP) is 0.163. The van der Waals surface area contributed by atoms with Crippen LogP contribution in [0.4, 0.5) is 0 Å². The highest BCUT2D eigenvalue weighted by molar-refractivity contribution is 7.89. The Hall–Kier alpha value is -0.170. The molecule has 0 aliphatic carbocycles. The highest BCUT2D eigenvalue weighted by Crippen LogP contribution is 2.15. The van der Waals surface area contributed by atoms with E-state index in [2.05, 4.69) is 5.32 Å². The van der Waals surface area contributed by atoms with Crippen LogP contribution >= 0.6 is 0 Å². The molecule has 0 radical (unpaired) electrons. The molecular weight excluding hydrogens is 240 g/mol. The van der Waals surface area contributed by atoms with Crippen LogP contribution in [0.25, 0.3) is 0 Å². The minimum Gasteiger partial charge on any atom is -0.396 e. The topological polar surface area (TPSA) is 69.6 Å². The normalized spacial score (nSPS) is 21.9. The molecule has 1 unspecified atom stereocenters. The van der Waals surface area contributed by atoms with E-state index >= 15 is 0 Å². The Morgan fingerprint density at radius 3 is 2.71 bits per heavy atom. The largest absolute Gasteiger partial charge is 0.396 e. The molecule has 17 heavy (non-hydrogen) atoms. The molecule has 2 N–H and O–H groups in total. The number of unbranched alkanes of at least 4 members (excludes halogenated alkanes) is 2. The first-order valence-electron chi connectivity index (χ1n) is 6.35. The van der Waals surface area contributed by atoms with Crippen LogP contribution in [0.2, 0.25) is 0 Å². The third-order valence-electron chi connectivity index (χ3n) is 3.24. The summed E-state index contributed by atoms with van der Waals surface area (Å²) in [6, 6.07) is 0. The molecule has 0 aromatic carbocycles. The van der Waals surface area contributed by atoms with Gasteiger partial charge in [-0.1, -0.05) is 0 Å². The lowest BCUT2D eigenvalue weighted by molar-refractivity contribution is 0.281. The van der Waals surface area contributed by atoms with Crippen LogP contribution in [0.15, 0.2) is 0 Å². The van der Waals surface area contributed by atoms with Gasteiger partial charge in [-0.2, -0.15) is 0 Å². The summed E-state index contributed by atoms with van der Waals surface area (Å²) >= 11 is 0. The molecule has 1 rings (SSSR count). The first kappa shape index (κ1) is 14.9. The summed E-state index contributed by atoms with van der Waals surface area (Å²) in [6.07, 6.45) is 4.13. The van der Waals surface area contributed by atoms with Gasteiger partial charge in [0.05, 0.1) is 5.25 Å². The van der Waals surface area contributed by atoms with Crippen molar-refractivity contribution < 1.29 is 13.5 Å². The summed E-state index contributed by atoms with van der Waals surface area (Å²) in [6.45, 7) is 2.23. The summed E-state index contributed by atoms with van der Waals surface area (Å²) in [5.41, 5.74) is 0. The molecule has 0 spiro atoms. The molecule has 5 nitrogen and oxygen atoms in total. The summed E-state index contributed by atoms with van der Waals surface area (Å²) < 4.78 is 25.8. The number of rotatable bonds is 7. The maximum Gasteiger partial charge on any atom is 0.217 e. The van der Waals surface area contributed by atoms with Gasteiger partial charge in [0.15, 0.2) is 0 Å². The van der Waals surface area contributed by atoms with E-state index in [0.29, 0.717) is 13.1 Å². The smallest absolute Gasteiger partial charge is 0.217 e. The zero-order valence-corrected chi connectivity index (χ0v) is 11.4. The molecule has 0 aromatic heterocycles. The number of aliphatic hydroxyl groups excluding tert-OH is 1. The number of hydrogen-bond donors (Lipinski definition) is 2. The number of aliphatic hydroxyl groups is 1. The first-order chi connectivity index (χ1) is 8.09. The lowest BCUT2D eigenvalue weighted by Crippen LogP contribution is -2.45. The van der Waals surface area contributed by atoms with Crippen molar-refractivity contribution in [1.29, 1.82) is 0 Å². The van der Waals surface area contributed by atoms with Crippen molar-refractivity contribution in [2.24, 2.45) is 0 Å². The van der Waals surface area contributed by atoms with E-state index in [1.807, 2.05) is 0 Å². The van der Waals surface area contributed by atoms with E-state index in [-0.39, 0.29) is 11.9 Å². The quantitative estimate of drug-likeness (QED) is 0.643. The summed E-state index contributed by atoms with van der Waals surface area (Å²) in [7, 11) is -1.49.